The second kappa shape index (κ2) is 9.19. The van der Waals surface area contributed by atoms with Crippen LogP contribution in [0.3, 0.4) is 0 Å². The van der Waals surface area contributed by atoms with Crippen LogP contribution in [-0.2, 0) is 10.0 Å². The number of para-hydroxylation sites is 1. The summed E-state index contributed by atoms with van der Waals surface area (Å²) in [4.78, 5) is 14.0. The van der Waals surface area contributed by atoms with Crippen molar-refractivity contribution in [1.82, 2.24) is 4.31 Å². The van der Waals surface area contributed by atoms with Gasteiger partial charge in [0.15, 0.2) is 0 Å². The molecule has 0 aromatic heterocycles. The summed E-state index contributed by atoms with van der Waals surface area (Å²) in [5.41, 5.74) is 0.861. The molecule has 0 saturated carbocycles. The van der Waals surface area contributed by atoms with Gasteiger partial charge in [0.25, 0.3) is 5.91 Å². The van der Waals surface area contributed by atoms with E-state index in [2.05, 4.69) is 12.2 Å². The van der Waals surface area contributed by atoms with Gasteiger partial charge in [-0.15, -0.1) is 11.8 Å². The van der Waals surface area contributed by atoms with Crippen LogP contribution in [0.2, 0.25) is 0 Å². The highest BCUT2D eigenvalue weighted by molar-refractivity contribution is 7.98. The molecule has 6 nitrogen and oxygen atoms in total. The van der Waals surface area contributed by atoms with Crippen LogP contribution in [0.25, 0.3) is 0 Å². The number of hydrogen-bond donors (Lipinski definition) is 1. The van der Waals surface area contributed by atoms with Crippen LogP contribution < -0.4 is 10.1 Å². The van der Waals surface area contributed by atoms with Crippen molar-refractivity contribution >= 4 is 33.4 Å². The van der Waals surface area contributed by atoms with E-state index in [0.717, 1.165) is 17.7 Å². The number of anilines is 1. The van der Waals surface area contributed by atoms with Gasteiger partial charge in [-0.1, -0.05) is 19.1 Å². The molecule has 8 heteroatoms. The molecule has 1 aliphatic rings. The van der Waals surface area contributed by atoms with E-state index < -0.39 is 15.9 Å². The number of carbonyl (C=O) groups is 1. The van der Waals surface area contributed by atoms with E-state index in [-0.39, 0.29) is 10.5 Å². The Bertz CT molecular complexity index is 984. The fraction of sp³-hybridized carbons (Fsp3) is 0.381. The summed E-state index contributed by atoms with van der Waals surface area (Å²) in [5.74, 6) is 0.443. The first-order valence-electron chi connectivity index (χ1n) is 9.49. The zero-order valence-corrected chi connectivity index (χ0v) is 18.5. The minimum absolute atomic E-state index is 0.108. The maximum absolute atomic E-state index is 13.1. The van der Waals surface area contributed by atoms with Gasteiger partial charge in [-0.2, -0.15) is 4.31 Å². The van der Waals surface area contributed by atoms with Crippen molar-refractivity contribution in [2.24, 2.45) is 5.92 Å². The number of amides is 1. The molecule has 1 fully saturated rings. The molecular weight excluding hydrogens is 408 g/mol. The summed E-state index contributed by atoms with van der Waals surface area (Å²) in [6.45, 7) is 3.13. The fourth-order valence-corrected chi connectivity index (χ4v) is 5.39. The first kappa shape index (κ1) is 21.7. The van der Waals surface area contributed by atoms with Gasteiger partial charge in [0.1, 0.15) is 5.75 Å². The first-order valence-corrected chi connectivity index (χ1v) is 12.2. The molecule has 0 atom stereocenters. The van der Waals surface area contributed by atoms with E-state index in [9.17, 15) is 13.2 Å². The van der Waals surface area contributed by atoms with Crippen LogP contribution in [0.1, 0.15) is 30.1 Å². The van der Waals surface area contributed by atoms with Gasteiger partial charge in [0.2, 0.25) is 10.0 Å². The van der Waals surface area contributed by atoms with Gasteiger partial charge in [-0.05, 0) is 55.3 Å². The Morgan fingerprint density at radius 3 is 2.52 bits per heavy atom. The molecule has 3 rings (SSSR count). The lowest BCUT2D eigenvalue weighted by atomic mass is 10.0. The third-order valence-corrected chi connectivity index (χ3v) is 7.84. The zero-order chi connectivity index (χ0) is 21.0. The van der Waals surface area contributed by atoms with E-state index in [4.69, 9.17) is 4.74 Å². The Balaban J connectivity index is 1.92. The van der Waals surface area contributed by atoms with Gasteiger partial charge >= 0.3 is 0 Å². The summed E-state index contributed by atoms with van der Waals surface area (Å²) in [7, 11) is -2.20. The molecule has 0 spiro atoms. The lowest BCUT2D eigenvalue weighted by Gasteiger charge is -2.29. The molecule has 0 unspecified atom stereocenters. The topological polar surface area (TPSA) is 75.7 Å². The number of sulfonamides is 1. The van der Waals surface area contributed by atoms with Crippen LogP contribution in [-0.4, -0.2) is 45.1 Å². The highest BCUT2D eigenvalue weighted by atomic mass is 32.2. The van der Waals surface area contributed by atoms with Crippen LogP contribution in [0.4, 0.5) is 5.69 Å². The maximum atomic E-state index is 13.1. The summed E-state index contributed by atoms with van der Waals surface area (Å²) in [5, 5.41) is 2.87. The highest BCUT2D eigenvalue weighted by Crippen LogP contribution is 2.29. The molecule has 29 heavy (non-hydrogen) atoms. The smallest absolute Gasteiger partial charge is 0.259 e. The molecule has 1 aliphatic heterocycles. The molecule has 156 valence electrons. The van der Waals surface area contributed by atoms with E-state index in [1.165, 1.54) is 41.4 Å². The number of rotatable bonds is 6. The average Bonchev–Trinajstić information content (AvgIpc) is 2.73. The molecule has 1 heterocycles. The number of methoxy groups -OCH3 is 1. The number of nitrogens with zero attached hydrogens (tertiary/aromatic N) is 1. The Kier molecular flexibility index (Phi) is 6.87. The SMILES string of the molecule is COc1ccc(S(=O)(=O)N2CCC(C)CC2)cc1C(=O)Nc1ccccc1SC. The second-order valence-electron chi connectivity index (χ2n) is 7.10. The Hall–Kier alpha value is -2.03. The largest absolute Gasteiger partial charge is 0.496 e. The lowest BCUT2D eigenvalue weighted by molar-refractivity contribution is 0.102. The second-order valence-corrected chi connectivity index (χ2v) is 9.89. The van der Waals surface area contributed by atoms with Crippen molar-refractivity contribution in [3.05, 3.63) is 48.0 Å². The molecule has 0 aliphatic carbocycles. The molecule has 1 saturated heterocycles. The molecule has 0 radical (unpaired) electrons. The standard InChI is InChI=1S/C21H26N2O4S2/c1-15-10-12-23(13-11-15)29(25,26)16-8-9-19(27-2)17(14-16)21(24)22-18-6-4-5-7-20(18)28-3/h4-9,14-15H,10-13H2,1-3H3,(H,22,24). The van der Waals surface area contributed by atoms with Crippen LogP contribution >= 0.6 is 11.8 Å². The van der Waals surface area contributed by atoms with Crippen molar-refractivity contribution in [3.63, 3.8) is 0 Å². The van der Waals surface area contributed by atoms with E-state index >= 15 is 0 Å². The first-order chi connectivity index (χ1) is 13.9. The van der Waals surface area contributed by atoms with Crippen LogP contribution in [0.5, 0.6) is 5.75 Å². The highest BCUT2D eigenvalue weighted by Gasteiger charge is 2.29. The average molecular weight is 435 g/mol. The third kappa shape index (κ3) is 4.76. The van der Waals surface area contributed by atoms with Crippen molar-refractivity contribution < 1.29 is 17.9 Å². The molecule has 2 aromatic carbocycles. The summed E-state index contributed by atoms with van der Waals surface area (Å²) in [6.07, 6.45) is 3.61. The summed E-state index contributed by atoms with van der Waals surface area (Å²) >= 11 is 1.52. The number of thioether (sulfide) groups is 1. The van der Waals surface area contributed by atoms with Gasteiger partial charge in [0.05, 0.1) is 23.3 Å². The quantitative estimate of drug-likeness (QED) is 0.693. The van der Waals surface area contributed by atoms with Gasteiger partial charge < -0.3 is 10.1 Å². The zero-order valence-electron chi connectivity index (χ0n) is 16.8. The van der Waals surface area contributed by atoms with Crippen molar-refractivity contribution in [3.8, 4) is 5.75 Å². The predicted octanol–water partition coefficient (Wildman–Crippen LogP) is 4.09. The number of carbonyl (C=O) groups excluding carboxylic acids is 1. The third-order valence-electron chi connectivity index (χ3n) is 5.15. The predicted molar refractivity (Wildman–Crippen MR) is 116 cm³/mol. The number of nitrogens with one attached hydrogen (secondary N) is 1. The van der Waals surface area contributed by atoms with Crippen LogP contribution in [0.15, 0.2) is 52.3 Å². The number of ether oxygens (including phenoxy) is 1. The van der Waals surface area contributed by atoms with Crippen LogP contribution in [0, 0.1) is 5.92 Å². The molecule has 1 N–H and O–H groups in total. The van der Waals surface area contributed by atoms with Gasteiger partial charge in [0, 0.05) is 18.0 Å². The van der Waals surface area contributed by atoms with E-state index in [1.807, 2.05) is 30.5 Å². The Morgan fingerprint density at radius 2 is 1.86 bits per heavy atom. The monoisotopic (exact) mass is 434 g/mol. The minimum Gasteiger partial charge on any atom is -0.496 e. The van der Waals surface area contributed by atoms with E-state index in [0.29, 0.717) is 30.4 Å². The fourth-order valence-electron chi connectivity index (χ4n) is 3.34. The lowest BCUT2D eigenvalue weighted by Crippen LogP contribution is -2.37. The van der Waals surface area contributed by atoms with Gasteiger partial charge in [-0.25, -0.2) is 8.42 Å². The summed E-state index contributed by atoms with van der Waals surface area (Å²) < 4.78 is 33.0. The minimum atomic E-state index is -3.66. The number of benzene rings is 2. The van der Waals surface area contributed by atoms with Crippen molar-refractivity contribution in [2.45, 2.75) is 29.6 Å². The number of hydrogen-bond acceptors (Lipinski definition) is 5. The summed E-state index contributed by atoms with van der Waals surface area (Å²) in [6, 6.07) is 11.9. The maximum Gasteiger partial charge on any atom is 0.259 e. The van der Waals surface area contributed by atoms with Crippen molar-refractivity contribution in [1.29, 1.82) is 0 Å². The molecule has 1 amide bonds. The van der Waals surface area contributed by atoms with E-state index in [1.54, 1.807) is 0 Å². The normalized spacial score (nSPS) is 15.8. The Morgan fingerprint density at radius 1 is 1.17 bits per heavy atom. The molecule has 2 aromatic rings. The Labute approximate surface area is 176 Å². The molecule has 0 bridgehead atoms. The molecular formula is C21H26N2O4S2. The van der Waals surface area contributed by atoms with Gasteiger partial charge in [-0.3, -0.25) is 4.79 Å². The number of piperidine rings is 1. The van der Waals surface area contributed by atoms with Crippen molar-refractivity contribution in [2.75, 3.05) is 31.8 Å².